The lowest BCUT2D eigenvalue weighted by molar-refractivity contribution is -0.123. The average molecular weight is 396 g/mol. The maximum absolute atomic E-state index is 12.0. The first-order valence-electron chi connectivity index (χ1n) is 7.62. The fourth-order valence-corrected chi connectivity index (χ4v) is 2.22. The summed E-state index contributed by atoms with van der Waals surface area (Å²) >= 11 is 17.7. The highest BCUT2D eigenvalue weighted by molar-refractivity contribution is 6.68. The van der Waals surface area contributed by atoms with E-state index in [2.05, 4.69) is 10.6 Å². The molecule has 0 saturated heterocycles. The average Bonchev–Trinajstić information content (AvgIpc) is 2.45. The minimum Gasteiger partial charge on any atom is -0.466 e. The van der Waals surface area contributed by atoms with Gasteiger partial charge in [0, 0.05) is 25.1 Å². The molecule has 24 heavy (non-hydrogen) atoms. The molecule has 0 aromatic heterocycles. The highest BCUT2D eigenvalue weighted by Gasteiger charge is 2.36. The van der Waals surface area contributed by atoms with E-state index in [0.717, 1.165) is 19.3 Å². The lowest BCUT2D eigenvalue weighted by Crippen LogP contribution is -2.47. The summed E-state index contributed by atoms with van der Waals surface area (Å²) in [5, 5.41) is 5.21. The molecular formula is C16H21Cl3N2O3. The van der Waals surface area contributed by atoms with Gasteiger partial charge >= 0.3 is 0 Å². The van der Waals surface area contributed by atoms with Crippen LogP contribution in [0.4, 0.5) is 5.69 Å². The Morgan fingerprint density at radius 3 is 2.54 bits per heavy atom. The Morgan fingerprint density at radius 1 is 1.25 bits per heavy atom. The second-order valence-electron chi connectivity index (χ2n) is 5.27. The Labute approximate surface area is 157 Å². The Morgan fingerprint density at radius 2 is 1.96 bits per heavy atom. The van der Waals surface area contributed by atoms with Gasteiger partial charge in [-0.05, 0) is 18.6 Å². The molecule has 0 heterocycles. The monoisotopic (exact) mass is 394 g/mol. The van der Waals surface area contributed by atoms with E-state index in [9.17, 15) is 9.59 Å². The van der Waals surface area contributed by atoms with Crippen molar-refractivity contribution < 1.29 is 14.3 Å². The molecule has 0 aliphatic carbocycles. The van der Waals surface area contributed by atoms with Crippen LogP contribution < -0.4 is 15.4 Å². The first-order valence-corrected chi connectivity index (χ1v) is 8.76. The number of nitrogens with one attached hydrogen (secondary N) is 2. The van der Waals surface area contributed by atoms with Crippen LogP contribution >= 0.6 is 34.8 Å². The van der Waals surface area contributed by atoms with Crippen LogP contribution in [0.2, 0.25) is 0 Å². The SMILES string of the molecule is CCCCCC(=O)NC(Oc1cccc(NC(C)=O)c1)C(Cl)(Cl)Cl. The zero-order chi connectivity index (χ0) is 18.2. The molecule has 134 valence electrons. The largest absolute Gasteiger partial charge is 0.466 e. The van der Waals surface area contributed by atoms with E-state index in [0.29, 0.717) is 17.9 Å². The van der Waals surface area contributed by atoms with Gasteiger partial charge in [-0.1, -0.05) is 60.6 Å². The molecule has 2 N–H and O–H groups in total. The summed E-state index contributed by atoms with van der Waals surface area (Å²) in [7, 11) is 0. The second kappa shape index (κ2) is 9.97. The summed E-state index contributed by atoms with van der Waals surface area (Å²) in [5.41, 5.74) is 0.539. The number of hydrogen-bond acceptors (Lipinski definition) is 3. The third-order valence-electron chi connectivity index (χ3n) is 3.01. The molecule has 0 fully saturated rings. The summed E-state index contributed by atoms with van der Waals surface area (Å²) in [6.45, 7) is 3.45. The van der Waals surface area contributed by atoms with E-state index in [1.54, 1.807) is 24.3 Å². The number of benzene rings is 1. The first-order chi connectivity index (χ1) is 11.2. The van der Waals surface area contributed by atoms with Crippen LogP contribution in [0.1, 0.15) is 39.5 Å². The topological polar surface area (TPSA) is 67.4 Å². The predicted molar refractivity (Wildman–Crippen MR) is 97.7 cm³/mol. The number of unbranched alkanes of at least 4 members (excludes halogenated alkanes) is 2. The van der Waals surface area contributed by atoms with Crippen LogP contribution in [0, 0.1) is 0 Å². The van der Waals surface area contributed by atoms with Crippen molar-refractivity contribution in [2.24, 2.45) is 0 Å². The Bertz CT molecular complexity index is 562. The molecule has 0 aliphatic rings. The van der Waals surface area contributed by atoms with Crippen LogP contribution in [0.5, 0.6) is 5.75 Å². The van der Waals surface area contributed by atoms with Crippen molar-refractivity contribution >= 4 is 52.3 Å². The third-order valence-corrected chi connectivity index (χ3v) is 3.60. The fourth-order valence-electron chi connectivity index (χ4n) is 1.92. The summed E-state index contributed by atoms with van der Waals surface area (Å²) < 4.78 is 3.76. The molecule has 1 rings (SSSR count). The van der Waals surface area contributed by atoms with Crippen molar-refractivity contribution in [3.63, 3.8) is 0 Å². The maximum atomic E-state index is 12.0. The molecule has 0 aliphatic heterocycles. The van der Waals surface area contributed by atoms with Crippen LogP contribution in [-0.2, 0) is 9.59 Å². The van der Waals surface area contributed by atoms with E-state index in [4.69, 9.17) is 39.5 Å². The molecule has 0 spiro atoms. The van der Waals surface area contributed by atoms with Gasteiger partial charge < -0.3 is 15.4 Å². The minimum atomic E-state index is -1.84. The molecule has 1 aromatic carbocycles. The van der Waals surface area contributed by atoms with Crippen LogP contribution in [0.15, 0.2) is 24.3 Å². The van der Waals surface area contributed by atoms with Crippen molar-refractivity contribution in [3.05, 3.63) is 24.3 Å². The van der Waals surface area contributed by atoms with Crippen molar-refractivity contribution in [1.82, 2.24) is 5.32 Å². The van der Waals surface area contributed by atoms with Gasteiger partial charge in [0.1, 0.15) is 5.75 Å². The highest BCUT2D eigenvalue weighted by Crippen LogP contribution is 2.32. The highest BCUT2D eigenvalue weighted by atomic mass is 35.6. The number of rotatable bonds is 8. The Kier molecular flexibility index (Phi) is 8.67. The zero-order valence-corrected chi connectivity index (χ0v) is 15.8. The van der Waals surface area contributed by atoms with Crippen LogP contribution in [0.25, 0.3) is 0 Å². The number of anilines is 1. The molecule has 8 heteroatoms. The van der Waals surface area contributed by atoms with Gasteiger partial charge in [0.2, 0.25) is 21.8 Å². The van der Waals surface area contributed by atoms with E-state index in [1.165, 1.54) is 6.92 Å². The van der Waals surface area contributed by atoms with Crippen molar-refractivity contribution in [1.29, 1.82) is 0 Å². The lowest BCUT2D eigenvalue weighted by Gasteiger charge is -2.26. The van der Waals surface area contributed by atoms with Gasteiger partial charge in [0.05, 0.1) is 0 Å². The van der Waals surface area contributed by atoms with E-state index >= 15 is 0 Å². The molecule has 1 unspecified atom stereocenters. The number of carbonyl (C=O) groups excluding carboxylic acids is 2. The molecule has 0 bridgehead atoms. The number of alkyl halides is 3. The molecule has 1 aromatic rings. The first kappa shape index (κ1) is 20.9. The summed E-state index contributed by atoms with van der Waals surface area (Å²) in [4.78, 5) is 23.1. The van der Waals surface area contributed by atoms with Crippen molar-refractivity contribution in [2.75, 3.05) is 5.32 Å². The van der Waals surface area contributed by atoms with Gasteiger partial charge in [-0.25, -0.2) is 0 Å². The van der Waals surface area contributed by atoms with Crippen LogP contribution in [0.3, 0.4) is 0 Å². The summed E-state index contributed by atoms with van der Waals surface area (Å²) in [5.74, 6) is -0.112. The maximum Gasteiger partial charge on any atom is 0.246 e. The lowest BCUT2D eigenvalue weighted by atomic mass is 10.2. The number of hydrogen-bond donors (Lipinski definition) is 2. The molecule has 2 amide bonds. The normalized spacial score (nSPS) is 12.4. The van der Waals surface area contributed by atoms with E-state index in [-0.39, 0.29) is 11.8 Å². The van der Waals surface area contributed by atoms with E-state index in [1.807, 2.05) is 6.92 Å². The molecule has 0 saturated carbocycles. The number of ether oxygens (including phenoxy) is 1. The van der Waals surface area contributed by atoms with Gasteiger partial charge in [0.25, 0.3) is 0 Å². The third kappa shape index (κ3) is 8.08. The summed E-state index contributed by atoms with van der Waals surface area (Å²) in [6, 6.07) is 6.59. The Balaban J connectivity index is 2.76. The van der Waals surface area contributed by atoms with Crippen LogP contribution in [-0.4, -0.2) is 21.8 Å². The van der Waals surface area contributed by atoms with E-state index < -0.39 is 10.0 Å². The number of halogens is 3. The standard InChI is InChI=1S/C16H21Cl3N2O3/c1-3-4-5-9-14(23)21-15(16(17,18)19)24-13-8-6-7-12(10-13)20-11(2)22/h6-8,10,15H,3-5,9H2,1-2H3,(H,20,22)(H,21,23). The molecule has 1 atom stereocenters. The van der Waals surface area contributed by atoms with Gasteiger partial charge in [-0.15, -0.1) is 0 Å². The molecule has 5 nitrogen and oxygen atoms in total. The number of carbonyl (C=O) groups is 2. The summed E-state index contributed by atoms with van der Waals surface area (Å²) in [6.07, 6.45) is 1.90. The number of amides is 2. The quantitative estimate of drug-likeness (QED) is 0.389. The molecule has 0 radical (unpaired) electrons. The van der Waals surface area contributed by atoms with Gasteiger partial charge in [-0.2, -0.15) is 0 Å². The predicted octanol–water partition coefficient (Wildman–Crippen LogP) is 4.42. The Hall–Kier alpha value is -1.17. The zero-order valence-electron chi connectivity index (χ0n) is 13.6. The second-order valence-corrected chi connectivity index (χ2v) is 7.64. The van der Waals surface area contributed by atoms with Gasteiger partial charge in [-0.3, -0.25) is 9.59 Å². The van der Waals surface area contributed by atoms with Crippen molar-refractivity contribution in [3.8, 4) is 5.75 Å². The minimum absolute atomic E-state index is 0.214. The fraction of sp³-hybridized carbons (Fsp3) is 0.500. The smallest absolute Gasteiger partial charge is 0.246 e. The van der Waals surface area contributed by atoms with Gasteiger partial charge in [0.15, 0.2) is 0 Å². The van der Waals surface area contributed by atoms with Crippen molar-refractivity contribution in [2.45, 2.75) is 49.6 Å². The molecular weight excluding hydrogens is 375 g/mol.